The summed E-state index contributed by atoms with van der Waals surface area (Å²) in [4.78, 5) is 31.9. The Labute approximate surface area is 153 Å². The van der Waals surface area contributed by atoms with Crippen molar-refractivity contribution in [3.63, 3.8) is 0 Å². The summed E-state index contributed by atoms with van der Waals surface area (Å²) in [5.41, 5.74) is 0.505. The monoisotopic (exact) mass is 369 g/mol. The molecule has 8 heteroatoms. The molecule has 2 heterocycles. The van der Waals surface area contributed by atoms with Crippen molar-refractivity contribution in [2.45, 2.75) is 6.92 Å². The van der Waals surface area contributed by atoms with E-state index in [1.54, 1.807) is 31.4 Å². The molecule has 3 rings (SSSR count). The number of rotatable bonds is 6. The molecule has 0 atom stereocenters. The van der Waals surface area contributed by atoms with Crippen LogP contribution in [-0.4, -0.2) is 28.8 Å². The fourth-order valence-corrected chi connectivity index (χ4v) is 2.74. The van der Waals surface area contributed by atoms with Crippen molar-refractivity contribution in [3.05, 3.63) is 58.7 Å². The molecule has 0 aliphatic carbocycles. The topological polar surface area (TPSA) is 90.4 Å². The second kappa shape index (κ2) is 7.75. The van der Waals surface area contributed by atoms with E-state index >= 15 is 0 Å². The van der Waals surface area contributed by atoms with Gasteiger partial charge < -0.3 is 14.8 Å². The first-order chi connectivity index (χ1) is 12.5. The molecule has 0 radical (unpaired) electrons. The van der Waals surface area contributed by atoms with Crippen LogP contribution in [0.25, 0.3) is 0 Å². The van der Waals surface area contributed by atoms with E-state index < -0.39 is 0 Å². The van der Waals surface area contributed by atoms with Crippen LogP contribution < -0.4 is 14.8 Å². The maximum Gasteiger partial charge on any atom is 0.267 e. The number of pyridine rings is 1. The molecular formula is C18H15N3O4S. The van der Waals surface area contributed by atoms with E-state index in [-0.39, 0.29) is 11.7 Å². The minimum Gasteiger partial charge on any atom is -0.497 e. The average Bonchev–Trinajstić information content (AvgIpc) is 3.14. The van der Waals surface area contributed by atoms with E-state index in [2.05, 4.69) is 15.3 Å². The molecule has 7 nitrogen and oxygen atoms in total. The summed E-state index contributed by atoms with van der Waals surface area (Å²) in [6.45, 7) is 1.41. The third kappa shape index (κ3) is 4.22. The van der Waals surface area contributed by atoms with Crippen molar-refractivity contribution < 1.29 is 19.1 Å². The molecule has 132 valence electrons. The van der Waals surface area contributed by atoms with E-state index in [0.29, 0.717) is 33.0 Å². The summed E-state index contributed by atoms with van der Waals surface area (Å²) in [5.74, 6) is 1.14. The molecular weight excluding hydrogens is 354 g/mol. The molecule has 1 amide bonds. The highest BCUT2D eigenvalue weighted by atomic mass is 32.1. The largest absolute Gasteiger partial charge is 0.497 e. The van der Waals surface area contributed by atoms with Gasteiger partial charge in [-0.1, -0.05) is 6.07 Å². The molecule has 0 spiro atoms. The van der Waals surface area contributed by atoms with Crippen LogP contribution in [0.5, 0.6) is 17.4 Å². The van der Waals surface area contributed by atoms with Crippen LogP contribution in [0.4, 0.5) is 5.69 Å². The van der Waals surface area contributed by atoms with Gasteiger partial charge in [-0.3, -0.25) is 9.59 Å². The number of nitrogens with one attached hydrogen (secondary N) is 1. The predicted octanol–water partition coefficient (Wildman–Crippen LogP) is 3.79. The van der Waals surface area contributed by atoms with Gasteiger partial charge in [-0.15, -0.1) is 11.3 Å². The zero-order valence-corrected chi connectivity index (χ0v) is 14.9. The fourth-order valence-electron chi connectivity index (χ4n) is 2.03. The van der Waals surface area contributed by atoms with Gasteiger partial charge in [0.25, 0.3) is 5.91 Å². The summed E-state index contributed by atoms with van der Waals surface area (Å²) in [6, 6.07) is 10.5. The maximum absolute atomic E-state index is 12.2. The number of methoxy groups -OCH3 is 1. The highest BCUT2D eigenvalue weighted by Gasteiger charge is 2.13. The molecule has 3 aromatic rings. The lowest BCUT2D eigenvalue weighted by atomic mass is 10.3. The third-order valence-electron chi connectivity index (χ3n) is 3.29. The summed E-state index contributed by atoms with van der Waals surface area (Å²) < 4.78 is 10.8. The van der Waals surface area contributed by atoms with Crippen molar-refractivity contribution >= 4 is 28.7 Å². The van der Waals surface area contributed by atoms with Gasteiger partial charge in [-0.25, -0.2) is 9.97 Å². The standard InChI is InChI=1S/C18H15N3O4S/c1-11(22)18-20-10-15(26-18)17(23)21-12-6-7-16(19-9-12)25-14-5-3-4-13(8-14)24-2/h3-10H,1-2H3,(H,21,23). The van der Waals surface area contributed by atoms with Crippen molar-refractivity contribution in [3.8, 4) is 17.4 Å². The first-order valence-corrected chi connectivity index (χ1v) is 8.43. The van der Waals surface area contributed by atoms with Gasteiger partial charge in [0.2, 0.25) is 5.88 Å². The number of benzene rings is 1. The number of nitrogens with zero attached hydrogens (tertiary/aromatic N) is 2. The lowest BCUT2D eigenvalue weighted by molar-refractivity contribution is 0.101. The Bertz CT molecular complexity index is 938. The average molecular weight is 369 g/mol. The maximum atomic E-state index is 12.2. The number of Topliss-reactive ketones (excluding diaryl/α,β-unsaturated/α-hetero) is 1. The minimum absolute atomic E-state index is 0.172. The fraction of sp³-hybridized carbons (Fsp3) is 0.111. The van der Waals surface area contributed by atoms with Crippen molar-refractivity contribution in [2.75, 3.05) is 12.4 Å². The van der Waals surface area contributed by atoms with Gasteiger partial charge in [0, 0.05) is 19.1 Å². The van der Waals surface area contributed by atoms with Crippen LogP contribution in [0.1, 0.15) is 26.4 Å². The lowest BCUT2D eigenvalue weighted by Crippen LogP contribution is -2.10. The number of carbonyl (C=O) groups is 2. The van der Waals surface area contributed by atoms with Gasteiger partial charge in [-0.05, 0) is 18.2 Å². The summed E-state index contributed by atoms with van der Waals surface area (Å²) in [6.07, 6.45) is 2.87. The van der Waals surface area contributed by atoms with Gasteiger partial charge >= 0.3 is 0 Å². The number of hydrogen-bond donors (Lipinski definition) is 1. The Kier molecular flexibility index (Phi) is 5.23. The molecule has 0 saturated carbocycles. The Morgan fingerprint density at radius 3 is 2.54 bits per heavy atom. The molecule has 26 heavy (non-hydrogen) atoms. The Morgan fingerprint density at radius 1 is 1.08 bits per heavy atom. The van der Waals surface area contributed by atoms with Gasteiger partial charge in [0.15, 0.2) is 10.8 Å². The highest BCUT2D eigenvalue weighted by molar-refractivity contribution is 7.15. The van der Waals surface area contributed by atoms with Gasteiger partial charge in [-0.2, -0.15) is 0 Å². The molecule has 1 aromatic carbocycles. The van der Waals surface area contributed by atoms with Crippen molar-refractivity contribution in [2.24, 2.45) is 0 Å². The number of anilines is 1. The number of carbonyl (C=O) groups excluding carboxylic acids is 2. The number of ketones is 1. The quantitative estimate of drug-likeness (QED) is 0.665. The Hall–Kier alpha value is -3.26. The number of hydrogen-bond acceptors (Lipinski definition) is 7. The first-order valence-electron chi connectivity index (χ1n) is 7.61. The van der Waals surface area contributed by atoms with Crippen LogP contribution in [0, 0.1) is 0 Å². The van der Waals surface area contributed by atoms with Crippen LogP contribution >= 0.6 is 11.3 Å². The van der Waals surface area contributed by atoms with Crippen LogP contribution in [-0.2, 0) is 0 Å². The van der Waals surface area contributed by atoms with Crippen LogP contribution in [0.15, 0.2) is 48.8 Å². The molecule has 0 saturated heterocycles. The number of thiazole rings is 1. The highest BCUT2D eigenvalue weighted by Crippen LogP contribution is 2.24. The van der Waals surface area contributed by atoms with Crippen molar-refractivity contribution in [1.82, 2.24) is 9.97 Å². The zero-order chi connectivity index (χ0) is 18.5. The molecule has 0 fully saturated rings. The molecule has 1 N–H and O–H groups in total. The van der Waals surface area contributed by atoms with Gasteiger partial charge in [0.05, 0.1) is 25.2 Å². The number of amides is 1. The van der Waals surface area contributed by atoms with E-state index in [9.17, 15) is 9.59 Å². The van der Waals surface area contributed by atoms with Crippen molar-refractivity contribution in [1.29, 1.82) is 0 Å². The number of aromatic nitrogens is 2. The summed E-state index contributed by atoms with van der Waals surface area (Å²) in [5, 5.41) is 3.00. The Morgan fingerprint density at radius 2 is 1.88 bits per heavy atom. The second-order valence-electron chi connectivity index (χ2n) is 5.21. The SMILES string of the molecule is COc1cccc(Oc2ccc(NC(=O)c3cnc(C(C)=O)s3)cn2)c1. The smallest absolute Gasteiger partial charge is 0.267 e. The summed E-state index contributed by atoms with van der Waals surface area (Å²) in [7, 11) is 1.58. The summed E-state index contributed by atoms with van der Waals surface area (Å²) >= 11 is 1.05. The second-order valence-corrected chi connectivity index (χ2v) is 6.24. The molecule has 0 aliphatic heterocycles. The van der Waals surface area contributed by atoms with Crippen LogP contribution in [0.2, 0.25) is 0 Å². The molecule has 0 aliphatic rings. The van der Waals surface area contributed by atoms with E-state index in [4.69, 9.17) is 9.47 Å². The van der Waals surface area contributed by atoms with E-state index in [1.165, 1.54) is 19.3 Å². The third-order valence-corrected chi connectivity index (χ3v) is 4.39. The zero-order valence-electron chi connectivity index (χ0n) is 14.1. The predicted molar refractivity (Wildman–Crippen MR) is 97.4 cm³/mol. The van der Waals surface area contributed by atoms with Gasteiger partial charge in [0.1, 0.15) is 16.4 Å². The first kappa shape index (κ1) is 17.6. The van der Waals surface area contributed by atoms with E-state index in [0.717, 1.165) is 11.3 Å². The van der Waals surface area contributed by atoms with E-state index in [1.807, 2.05) is 12.1 Å². The molecule has 0 unspecified atom stereocenters. The number of ether oxygens (including phenoxy) is 2. The molecule has 0 bridgehead atoms. The normalized spacial score (nSPS) is 10.2. The van der Waals surface area contributed by atoms with Crippen LogP contribution in [0.3, 0.4) is 0 Å². The lowest BCUT2D eigenvalue weighted by Gasteiger charge is -2.07. The Balaban J connectivity index is 1.65. The molecule has 2 aromatic heterocycles. The minimum atomic E-state index is -0.349.